The van der Waals surface area contributed by atoms with E-state index in [9.17, 15) is 10.2 Å². The highest BCUT2D eigenvalue weighted by Crippen LogP contribution is 2.22. The molecule has 0 aliphatic rings. The third-order valence-electron chi connectivity index (χ3n) is 2.65. The van der Waals surface area contributed by atoms with Gasteiger partial charge in [0.25, 0.3) is 0 Å². The van der Waals surface area contributed by atoms with Gasteiger partial charge in [-0.05, 0) is 6.92 Å². The summed E-state index contributed by atoms with van der Waals surface area (Å²) in [6, 6.07) is 0. The number of nitrogens with one attached hydrogen (secondary N) is 3. The number of aromatic amines is 1. The van der Waals surface area contributed by atoms with E-state index >= 15 is 0 Å². The molecule has 0 saturated heterocycles. The van der Waals surface area contributed by atoms with Gasteiger partial charge in [-0.25, -0.2) is 0 Å². The fourth-order valence-electron chi connectivity index (χ4n) is 1.46. The maximum absolute atomic E-state index is 9.29. The maximum atomic E-state index is 9.29. The number of hydrogen-bond acceptors (Lipinski definition) is 7. The smallest absolute Gasteiger partial charge is 0.226 e. The van der Waals surface area contributed by atoms with Gasteiger partial charge < -0.3 is 20.8 Å². The number of aromatic nitrogens is 4. The number of rotatable bonds is 5. The fraction of sp³-hybridized carbons (Fsp3) is 0.500. The van der Waals surface area contributed by atoms with Crippen LogP contribution in [0.3, 0.4) is 0 Å². The molecular formula is C10H16N6O2. The Morgan fingerprint density at radius 3 is 2.67 bits per heavy atom. The zero-order valence-electron chi connectivity index (χ0n) is 10.2. The molecule has 0 unspecified atom stereocenters. The highest BCUT2D eigenvalue weighted by molar-refractivity contribution is 5.87. The van der Waals surface area contributed by atoms with Gasteiger partial charge in [0.15, 0.2) is 5.65 Å². The predicted octanol–water partition coefficient (Wildman–Crippen LogP) is -0.450. The SMILES string of the molecule is CNc1nc(NC(C)(CO)CO)c2cn[nH]c2n1. The van der Waals surface area contributed by atoms with Crippen LogP contribution >= 0.6 is 0 Å². The van der Waals surface area contributed by atoms with Crippen LogP contribution in [0.1, 0.15) is 6.92 Å². The zero-order valence-corrected chi connectivity index (χ0v) is 10.2. The summed E-state index contributed by atoms with van der Waals surface area (Å²) in [6.45, 7) is 1.25. The van der Waals surface area contributed by atoms with Gasteiger partial charge in [-0.1, -0.05) is 0 Å². The summed E-state index contributed by atoms with van der Waals surface area (Å²) in [5.41, 5.74) is -0.279. The molecule has 2 rings (SSSR count). The Hall–Kier alpha value is -1.93. The van der Waals surface area contributed by atoms with Gasteiger partial charge in [0.1, 0.15) is 5.82 Å². The summed E-state index contributed by atoms with van der Waals surface area (Å²) in [5, 5.41) is 31.8. The van der Waals surface area contributed by atoms with Crippen molar-refractivity contribution in [2.24, 2.45) is 0 Å². The molecule has 0 bridgehead atoms. The van der Waals surface area contributed by atoms with Crippen LogP contribution in [-0.4, -0.2) is 56.2 Å². The zero-order chi connectivity index (χ0) is 13.2. The molecule has 0 atom stereocenters. The van der Waals surface area contributed by atoms with Gasteiger partial charge in [0.05, 0.1) is 30.3 Å². The Morgan fingerprint density at radius 2 is 2.06 bits per heavy atom. The van der Waals surface area contributed by atoms with E-state index < -0.39 is 5.54 Å². The molecule has 0 aromatic carbocycles. The highest BCUT2D eigenvalue weighted by atomic mass is 16.3. The molecule has 5 N–H and O–H groups in total. The molecule has 0 amide bonds. The minimum absolute atomic E-state index is 0.221. The van der Waals surface area contributed by atoms with Gasteiger partial charge in [0.2, 0.25) is 5.95 Å². The van der Waals surface area contributed by atoms with Crippen molar-refractivity contribution in [3.8, 4) is 0 Å². The van der Waals surface area contributed by atoms with Crippen LogP contribution in [0.25, 0.3) is 11.0 Å². The number of fused-ring (bicyclic) bond motifs is 1. The Balaban J connectivity index is 2.45. The minimum atomic E-state index is -0.858. The number of H-pyrrole nitrogens is 1. The van der Waals surface area contributed by atoms with Crippen molar-refractivity contribution in [1.82, 2.24) is 20.2 Å². The number of hydrogen-bond donors (Lipinski definition) is 5. The lowest BCUT2D eigenvalue weighted by Crippen LogP contribution is -2.42. The summed E-state index contributed by atoms with van der Waals surface area (Å²) in [6.07, 6.45) is 1.59. The maximum Gasteiger partial charge on any atom is 0.226 e. The van der Waals surface area contributed by atoms with Crippen LogP contribution < -0.4 is 10.6 Å². The molecule has 2 aromatic heterocycles. The fourth-order valence-corrected chi connectivity index (χ4v) is 1.46. The average molecular weight is 252 g/mol. The van der Waals surface area contributed by atoms with Crippen molar-refractivity contribution in [3.05, 3.63) is 6.20 Å². The lowest BCUT2D eigenvalue weighted by atomic mass is 10.1. The summed E-state index contributed by atoms with van der Waals surface area (Å²) in [4.78, 5) is 8.45. The minimum Gasteiger partial charge on any atom is -0.394 e. The second kappa shape index (κ2) is 4.75. The van der Waals surface area contributed by atoms with Crippen LogP contribution in [-0.2, 0) is 0 Å². The number of anilines is 2. The standard InChI is InChI=1S/C10H16N6O2/c1-10(4-17,5-18)15-7-6-3-12-16-8(6)14-9(11-2)13-7/h3,17-18H,4-5H2,1-2H3,(H3,11,12,13,14,15,16). The third-order valence-corrected chi connectivity index (χ3v) is 2.65. The van der Waals surface area contributed by atoms with Gasteiger partial charge in [-0.15, -0.1) is 0 Å². The largest absolute Gasteiger partial charge is 0.394 e. The number of aliphatic hydroxyl groups is 2. The van der Waals surface area contributed by atoms with Crippen molar-refractivity contribution < 1.29 is 10.2 Å². The molecule has 0 fully saturated rings. The Labute approximate surface area is 103 Å². The van der Waals surface area contributed by atoms with Crippen LogP contribution in [0.5, 0.6) is 0 Å². The molecular weight excluding hydrogens is 236 g/mol. The molecule has 98 valence electrons. The lowest BCUT2D eigenvalue weighted by Gasteiger charge is -2.27. The number of aliphatic hydroxyl groups excluding tert-OH is 2. The topological polar surface area (TPSA) is 119 Å². The molecule has 0 aliphatic carbocycles. The summed E-state index contributed by atoms with van der Waals surface area (Å²) < 4.78 is 0. The van der Waals surface area contributed by atoms with E-state index in [1.807, 2.05) is 0 Å². The van der Waals surface area contributed by atoms with E-state index in [-0.39, 0.29) is 13.2 Å². The Kier molecular flexibility index (Phi) is 3.30. The van der Waals surface area contributed by atoms with Gasteiger partial charge in [0, 0.05) is 7.05 Å². The Morgan fingerprint density at radius 1 is 1.33 bits per heavy atom. The summed E-state index contributed by atoms with van der Waals surface area (Å²) >= 11 is 0. The van der Waals surface area contributed by atoms with Gasteiger partial charge >= 0.3 is 0 Å². The first-order valence-corrected chi connectivity index (χ1v) is 5.50. The Bertz CT molecular complexity index is 536. The van der Waals surface area contributed by atoms with Crippen LogP contribution in [0, 0.1) is 0 Å². The van der Waals surface area contributed by atoms with E-state index in [2.05, 4.69) is 30.8 Å². The molecule has 18 heavy (non-hydrogen) atoms. The molecule has 8 heteroatoms. The second-order valence-corrected chi connectivity index (χ2v) is 4.28. The van der Waals surface area contributed by atoms with Crippen molar-refractivity contribution in [2.45, 2.75) is 12.5 Å². The lowest BCUT2D eigenvalue weighted by molar-refractivity contribution is 0.147. The third kappa shape index (κ3) is 2.20. The molecule has 0 spiro atoms. The monoisotopic (exact) mass is 252 g/mol. The first-order valence-electron chi connectivity index (χ1n) is 5.50. The molecule has 2 aromatic rings. The van der Waals surface area contributed by atoms with Gasteiger partial charge in [-0.2, -0.15) is 15.1 Å². The van der Waals surface area contributed by atoms with Crippen molar-refractivity contribution >= 4 is 22.8 Å². The first kappa shape index (κ1) is 12.5. The van der Waals surface area contributed by atoms with Crippen LogP contribution in [0.4, 0.5) is 11.8 Å². The van der Waals surface area contributed by atoms with Crippen LogP contribution in [0.2, 0.25) is 0 Å². The molecule has 0 radical (unpaired) electrons. The first-order chi connectivity index (χ1) is 8.61. The molecule has 8 nitrogen and oxygen atoms in total. The molecule has 0 aliphatic heterocycles. The second-order valence-electron chi connectivity index (χ2n) is 4.28. The quantitative estimate of drug-likeness (QED) is 0.489. The highest BCUT2D eigenvalue weighted by Gasteiger charge is 2.24. The predicted molar refractivity (Wildman–Crippen MR) is 67.4 cm³/mol. The molecule has 0 saturated carbocycles. The van der Waals surface area contributed by atoms with Crippen LogP contribution in [0.15, 0.2) is 6.20 Å². The van der Waals surface area contributed by atoms with Crippen molar-refractivity contribution in [3.63, 3.8) is 0 Å². The molecule has 2 heterocycles. The van der Waals surface area contributed by atoms with E-state index in [1.54, 1.807) is 20.2 Å². The van der Waals surface area contributed by atoms with E-state index in [1.165, 1.54) is 0 Å². The van der Waals surface area contributed by atoms with E-state index in [4.69, 9.17) is 0 Å². The van der Waals surface area contributed by atoms with Crippen molar-refractivity contribution in [1.29, 1.82) is 0 Å². The average Bonchev–Trinajstić information content (AvgIpc) is 2.86. The summed E-state index contributed by atoms with van der Waals surface area (Å²) in [7, 11) is 1.71. The van der Waals surface area contributed by atoms with Gasteiger partial charge in [-0.3, -0.25) is 5.10 Å². The van der Waals surface area contributed by atoms with E-state index in [0.717, 1.165) is 0 Å². The number of nitrogens with zero attached hydrogens (tertiary/aromatic N) is 3. The van der Waals surface area contributed by atoms with Crippen molar-refractivity contribution in [2.75, 3.05) is 30.9 Å². The van der Waals surface area contributed by atoms with E-state index in [0.29, 0.717) is 22.8 Å². The summed E-state index contributed by atoms with van der Waals surface area (Å²) in [5.74, 6) is 0.927. The normalized spacial score (nSPS) is 11.8.